The number of halogens is 2. The van der Waals surface area contributed by atoms with Crippen LogP contribution in [-0.2, 0) is 10.0 Å². The first-order valence-corrected chi connectivity index (χ1v) is 6.69. The molecular weight excluding hydrogens is 273 g/mol. The van der Waals surface area contributed by atoms with Gasteiger partial charge in [0.05, 0.1) is 11.1 Å². The Labute approximate surface area is 104 Å². The molecule has 4 nitrogen and oxygen atoms in total. The van der Waals surface area contributed by atoms with Crippen molar-refractivity contribution in [2.24, 2.45) is 0 Å². The summed E-state index contributed by atoms with van der Waals surface area (Å²) in [6.07, 6.45) is -0.771. The summed E-state index contributed by atoms with van der Waals surface area (Å²) in [6, 6.07) is 4.16. The fourth-order valence-electron chi connectivity index (χ4n) is 0.991. The summed E-state index contributed by atoms with van der Waals surface area (Å²) in [4.78, 5) is -0.0951. The predicted octanol–water partition coefficient (Wildman–Crippen LogP) is 1.65. The van der Waals surface area contributed by atoms with E-state index in [0.29, 0.717) is 0 Å². The van der Waals surface area contributed by atoms with Crippen LogP contribution in [0.25, 0.3) is 0 Å². The second-order valence-electron chi connectivity index (χ2n) is 3.28. The topological polar surface area (TPSA) is 66.4 Å². The molecule has 0 aliphatic carbocycles. The molecule has 1 aromatic rings. The lowest BCUT2D eigenvalue weighted by Gasteiger charge is -2.09. The minimum Gasteiger partial charge on any atom is -0.392 e. The molecule has 0 aliphatic heterocycles. The zero-order valence-electron chi connectivity index (χ0n) is 8.44. The van der Waals surface area contributed by atoms with Gasteiger partial charge in [-0.05, 0) is 25.1 Å². The van der Waals surface area contributed by atoms with E-state index in [4.69, 9.17) is 28.3 Å². The number of aliphatic hydroxyl groups excluding tert-OH is 1. The van der Waals surface area contributed by atoms with Crippen LogP contribution in [0.2, 0.25) is 10.0 Å². The molecule has 2 N–H and O–H groups in total. The van der Waals surface area contributed by atoms with E-state index in [0.717, 1.165) is 0 Å². The summed E-state index contributed by atoms with van der Waals surface area (Å²) < 4.78 is 25.7. The Balaban J connectivity index is 3.02. The number of nitrogens with one attached hydrogen (secondary N) is 1. The van der Waals surface area contributed by atoms with Crippen LogP contribution in [0, 0.1) is 0 Å². The van der Waals surface area contributed by atoms with Crippen LogP contribution in [0.5, 0.6) is 0 Å². The molecule has 0 spiro atoms. The largest absolute Gasteiger partial charge is 0.392 e. The van der Waals surface area contributed by atoms with Crippen molar-refractivity contribution in [3.8, 4) is 0 Å². The van der Waals surface area contributed by atoms with Gasteiger partial charge < -0.3 is 5.11 Å². The first-order valence-electron chi connectivity index (χ1n) is 4.45. The molecule has 0 heterocycles. The number of aliphatic hydroxyl groups is 1. The maximum absolute atomic E-state index is 11.7. The number of sulfonamides is 1. The van der Waals surface area contributed by atoms with Crippen molar-refractivity contribution < 1.29 is 13.5 Å². The van der Waals surface area contributed by atoms with Crippen LogP contribution in [-0.4, -0.2) is 26.2 Å². The van der Waals surface area contributed by atoms with Gasteiger partial charge >= 0.3 is 0 Å². The van der Waals surface area contributed by atoms with Crippen molar-refractivity contribution in [2.75, 3.05) is 6.54 Å². The van der Waals surface area contributed by atoms with Gasteiger partial charge in [0.2, 0.25) is 10.0 Å². The summed E-state index contributed by atoms with van der Waals surface area (Å²) >= 11 is 11.4. The Bertz CT molecular complexity index is 474. The van der Waals surface area contributed by atoms with E-state index in [1.807, 2.05) is 0 Å². The molecule has 16 heavy (non-hydrogen) atoms. The molecule has 0 aliphatic rings. The standard InChI is InChI=1S/C9H11Cl2NO3S/c1-6(13)5-12-16(14,15)9-4-7(10)2-3-8(9)11/h2-4,6,12-13H,5H2,1H3/t6-/m0/s1. The Kier molecular flexibility index (Phi) is 4.58. The van der Waals surface area contributed by atoms with E-state index in [2.05, 4.69) is 4.72 Å². The van der Waals surface area contributed by atoms with Gasteiger partial charge in [-0.25, -0.2) is 13.1 Å². The maximum atomic E-state index is 11.7. The van der Waals surface area contributed by atoms with Crippen molar-refractivity contribution in [2.45, 2.75) is 17.9 Å². The molecule has 0 bridgehead atoms. The van der Waals surface area contributed by atoms with Gasteiger partial charge in [-0.1, -0.05) is 23.2 Å². The number of hydrogen-bond donors (Lipinski definition) is 2. The van der Waals surface area contributed by atoms with Crippen molar-refractivity contribution in [3.63, 3.8) is 0 Å². The van der Waals surface area contributed by atoms with E-state index >= 15 is 0 Å². The van der Waals surface area contributed by atoms with Crippen LogP contribution in [0.15, 0.2) is 23.1 Å². The lowest BCUT2D eigenvalue weighted by molar-refractivity contribution is 0.198. The number of rotatable bonds is 4. The smallest absolute Gasteiger partial charge is 0.242 e. The average molecular weight is 284 g/mol. The molecule has 0 amide bonds. The van der Waals surface area contributed by atoms with Crippen LogP contribution in [0.1, 0.15) is 6.92 Å². The monoisotopic (exact) mass is 283 g/mol. The van der Waals surface area contributed by atoms with Crippen molar-refractivity contribution >= 4 is 33.2 Å². The Morgan fingerprint density at radius 3 is 2.62 bits per heavy atom. The third kappa shape index (κ3) is 3.61. The molecule has 0 fully saturated rings. The molecule has 0 aromatic heterocycles. The Morgan fingerprint density at radius 2 is 2.06 bits per heavy atom. The summed E-state index contributed by atoms with van der Waals surface area (Å²) in [5.41, 5.74) is 0. The van der Waals surface area contributed by atoms with Gasteiger partial charge in [0.25, 0.3) is 0 Å². The zero-order chi connectivity index (χ0) is 12.3. The molecule has 1 aromatic carbocycles. The van der Waals surface area contributed by atoms with Gasteiger partial charge in [-0.3, -0.25) is 0 Å². The van der Waals surface area contributed by atoms with Gasteiger partial charge in [-0.15, -0.1) is 0 Å². The Hall–Kier alpha value is -0.330. The number of hydrogen-bond acceptors (Lipinski definition) is 3. The molecule has 0 saturated heterocycles. The predicted molar refractivity (Wildman–Crippen MR) is 63.3 cm³/mol. The number of benzene rings is 1. The van der Waals surface area contributed by atoms with Crippen LogP contribution in [0.4, 0.5) is 0 Å². The second-order valence-corrected chi connectivity index (χ2v) is 5.85. The zero-order valence-corrected chi connectivity index (χ0v) is 10.8. The minimum absolute atomic E-state index is 0.0782. The van der Waals surface area contributed by atoms with Crippen molar-refractivity contribution in [3.05, 3.63) is 28.2 Å². The van der Waals surface area contributed by atoms with E-state index in [9.17, 15) is 8.42 Å². The summed E-state index contributed by atoms with van der Waals surface area (Å²) in [6.45, 7) is 1.40. The second kappa shape index (κ2) is 5.33. The third-order valence-corrected chi connectivity index (χ3v) is 3.89. The van der Waals surface area contributed by atoms with E-state index < -0.39 is 16.1 Å². The van der Waals surface area contributed by atoms with Gasteiger partial charge in [0.1, 0.15) is 4.90 Å². The van der Waals surface area contributed by atoms with Crippen LogP contribution >= 0.6 is 23.2 Å². The highest BCUT2D eigenvalue weighted by molar-refractivity contribution is 7.89. The highest BCUT2D eigenvalue weighted by Gasteiger charge is 2.18. The van der Waals surface area contributed by atoms with Crippen molar-refractivity contribution in [1.82, 2.24) is 4.72 Å². The van der Waals surface area contributed by atoms with Crippen LogP contribution < -0.4 is 4.72 Å². The quantitative estimate of drug-likeness (QED) is 0.883. The first kappa shape index (κ1) is 13.7. The van der Waals surface area contributed by atoms with Gasteiger partial charge in [-0.2, -0.15) is 0 Å². The average Bonchev–Trinajstić information content (AvgIpc) is 2.19. The van der Waals surface area contributed by atoms with Gasteiger partial charge in [0, 0.05) is 11.6 Å². The van der Waals surface area contributed by atoms with Gasteiger partial charge in [0.15, 0.2) is 0 Å². The SMILES string of the molecule is C[C@H](O)CNS(=O)(=O)c1cc(Cl)ccc1Cl. The highest BCUT2D eigenvalue weighted by atomic mass is 35.5. The normalized spacial score (nSPS) is 13.8. The molecule has 0 saturated carbocycles. The third-order valence-electron chi connectivity index (χ3n) is 1.75. The minimum atomic E-state index is -3.73. The first-order chi connectivity index (χ1) is 7.33. The molecular formula is C9H11Cl2NO3S. The Morgan fingerprint density at radius 1 is 1.44 bits per heavy atom. The summed E-state index contributed by atoms with van der Waals surface area (Å²) in [5.74, 6) is 0. The maximum Gasteiger partial charge on any atom is 0.242 e. The lowest BCUT2D eigenvalue weighted by atomic mass is 10.4. The fraction of sp³-hybridized carbons (Fsp3) is 0.333. The highest BCUT2D eigenvalue weighted by Crippen LogP contribution is 2.24. The molecule has 1 rings (SSSR count). The summed E-state index contributed by atoms with van der Waals surface area (Å²) in [5, 5.41) is 9.37. The molecule has 90 valence electrons. The van der Waals surface area contributed by atoms with E-state index in [-0.39, 0.29) is 21.5 Å². The fourth-order valence-corrected chi connectivity index (χ4v) is 2.87. The molecule has 0 unspecified atom stereocenters. The molecule has 0 radical (unpaired) electrons. The molecule has 7 heteroatoms. The lowest BCUT2D eigenvalue weighted by Crippen LogP contribution is -2.30. The van der Waals surface area contributed by atoms with Crippen molar-refractivity contribution in [1.29, 1.82) is 0 Å². The van der Waals surface area contributed by atoms with E-state index in [1.165, 1.54) is 25.1 Å². The molecule has 1 atom stereocenters. The van der Waals surface area contributed by atoms with Crippen LogP contribution in [0.3, 0.4) is 0 Å². The summed E-state index contributed by atoms with van der Waals surface area (Å²) in [7, 11) is -3.73. The van der Waals surface area contributed by atoms with E-state index in [1.54, 1.807) is 0 Å².